The number of anilines is 1. The minimum atomic E-state index is -0.322. The van der Waals surface area contributed by atoms with Crippen LogP contribution in [0.15, 0.2) is 78.5 Å². The molecule has 0 bridgehead atoms. The van der Waals surface area contributed by atoms with Crippen molar-refractivity contribution in [3.05, 3.63) is 100 Å². The highest BCUT2D eigenvalue weighted by molar-refractivity contribution is 6.37. The van der Waals surface area contributed by atoms with E-state index >= 15 is 0 Å². The zero-order valence-corrected chi connectivity index (χ0v) is 19.0. The van der Waals surface area contributed by atoms with Crippen molar-refractivity contribution in [2.45, 2.75) is 19.4 Å². The van der Waals surface area contributed by atoms with Gasteiger partial charge in [-0.3, -0.25) is 14.5 Å². The first-order valence-corrected chi connectivity index (χ1v) is 11.3. The number of rotatable bonds is 5. The largest absolute Gasteiger partial charge is 0.496 e. The smallest absolute Gasteiger partial charge is 0.278 e. The highest BCUT2D eigenvalue weighted by atomic mass is 35.5. The summed E-state index contributed by atoms with van der Waals surface area (Å²) in [6, 6.07) is 22.6. The lowest BCUT2D eigenvalue weighted by atomic mass is 9.98. The summed E-state index contributed by atoms with van der Waals surface area (Å²) in [5, 5.41) is 0.608. The molecule has 5 rings (SSSR count). The Morgan fingerprint density at radius 3 is 2.42 bits per heavy atom. The summed E-state index contributed by atoms with van der Waals surface area (Å²) < 4.78 is 5.56. The average Bonchev–Trinajstić information content (AvgIpc) is 3.09. The zero-order valence-electron chi connectivity index (χ0n) is 18.3. The number of para-hydroxylation sites is 2. The van der Waals surface area contributed by atoms with Gasteiger partial charge < -0.3 is 9.64 Å². The Morgan fingerprint density at radius 2 is 1.64 bits per heavy atom. The molecular weight excluding hydrogens is 436 g/mol. The number of carbonyl (C=O) groups is 2. The number of benzene rings is 3. The number of nitrogens with zero attached hydrogens (tertiary/aromatic N) is 2. The second kappa shape index (κ2) is 8.75. The van der Waals surface area contributed by atoms with Crippen LogP contribution in [0.5, 0.6) is 5.75 Å². The lowest BCUT2D eigenvalue weighted by Crippen LogP contribution is -2.36. The quantitative estimate of drug-likeness (QED) is 0.500. The lowest BCUT2D eigenvalue weighted by Gasteiger charge is -2.32. The summed E-state index contributed by atoms with van der Waals surface area (Å²) >= 11 is 6.02. The molecule has 33 heavy (non-hydrogen) atoms. The van der Waals surface area contributed by atoms with Gasteiger partial charge in [0.2, 0.25) is 0 Å². The Kier molecular flexibility index (Phi) is 5.65. The van der Waals surface area contributed by atoms with Crippen molar-refractivity contribution in [3.63, 3.8) is 0 Å². The molecule has 0 radical (unpaired) electrons. The second-order valence-corrected chi connectivity index (χ2v) is 8.57. The summed E-state index contributed by atoms with van der Waals surface area (Å²) in [7, 11) is 1.57. The zero-order chi connectivity index (χ0) is 22.9. The van der Waals surface area contributed by atoms with E-state index in [0.717, 1.165) is 24.1 Å². The number of aryl methyl sites for hydroxylation is 1. The second-order valence-electron chi connectivity index (χ2n) is 8.13. The molecule has 0 unspecified atom stereocenters. The number of ether oxygens (including phenoxy) is 1. The number of fused-ring (bicyclic) bond motifs is 1. The maximum absolute atomic E-state index is 13.8. The van der Waals surface area contributed by atoms with Gasteiger partial charge in [0.15, 0.2) is 0 Å². The van der Waals surface area contributed by atoms with Crippen LogP contribution in [0.25, 0.3) is 5.57 Å². The Hall–Kier alpha value is -3.57. The van der Waals surface area contributed by atoms with Crippen LogP contribution in [0.4, 0.5) is 5.69 Å². The van der Waals surface area contributed by atoms with Gasteiger partial charge in [-0.05, 0) is 48.2 Å². The Balaban J connectivity index is 1.65. The van der Waals surface area contributed by atoms with E-state index in [1.54, 1.807) is 19.2 Å². The first-order chi connectivity index (χ1) is 16.1. The minimum absolute atomic E-state index is 0.173. The molecule has 0 saturated carbocycles. The average molecular weight is 459 g/mol. The summed E-state index contributed by atoms with van der Waals surface area (Å²) in [6.45, 7) is 0.839. The molecule has 3 aromatic carbocycles. The number of carbonyl (C=O) groups excluding carboxylic acids is 2. The van der Waals surface area contributed by atoms with Crippen molar-refractivity contribution in [3.8, 4) is 5.75 Å². The van der Waals surface area contributed by atoms with Crippen molar-refractivity contribution >= 4 is 34.7 Å². The molecule has 2 amide bonds. The number of amides is 2. The maximum atomic E-state index is 13.8. The monoisotopic (exact) mass is 458 g/mol. The topological polar surface area (TPSA) is 49.9 Å². The molecule has 0 saturated heterocycles. The van der Waals surface area contributed by atoms with Gasteiger partial charge >= 0.3 is 0 Å². The first-order valence-electron chi connectivity index (χ1n) is 10.9. The molecule has 0 atom stereocenters. The summed E-state index contributed by atoms with van der Waals surface area (Å²) in [4.78, 5) is 30.9. The van der Waals surface area contributed by atoms with Crippen LogP contribution in [0, 0.1) is 0 Å². The van der Waals surface area contributed by atoms with Crippen molar-refractivity contribution < 1.29 is 14.3 Å². The number of imide groups is 1. The summed E-state index contributed by atoms with van der Waals surface area (Å²) in [5.74, 6) is -0.0603. The molecule has 166 valence electrons. The molecule has 3 aromatic rings. The van der Waals surface area contributed by atoms with E-state index in [4.69, 9.17) is 16.3 Å². The van der Waals surface area contributed by atoms with Gasteiger partial charge in [-0.2, -0.15) is 0 Å². The van der Waals surface area contributed by atoms with Crippen molar-refractivity contribution in [1.82, 2.24) is 4.90 Å². The number of methoxy groups -OCH3 is 1. The Labute approximate surface area is 197 Å². The molecule has 5 nitrogen and oxygen atoms in total. The highest BCUT2D eigenvalue weighted by Gasteiger charge is 2.43. The van der Waals surface area contributed by atoms with Crippen LogP contribution in [0.1, 0.15) is 23.1 Å². The van der Waals surface area contributed by atoms with E-state index < -0.39 is 0 Å². The molecule has 0 N–H and O–H groups in total. The predicted octanol–water partition coefficient (Wildman–Crippen LogP) is 5.08. The maximum Gasteiger partial charge on any atom is 0.278 e. The molecule has 2 heterocycles. The fourth-order valence-electron chi connectivity index (χ4n) is 4.59. The van der Waals surface area contributed by atoms with Gasteiger partial charge in [-0.15, -0.1) is 0 Å². The van der Waals surface area contributed by atoms with Crippen LogP contribution in [-0.2, 0) is 22.6 Å². The van der Waals surface area contributed by atoms with Gasteiger partial charge in [-0.25, -0.2) is 0 Å². The van der Waals surface area contributed by atoms with E-state index in [9.17, 15) is 9.59 Å². The van der Waals surface area contributed by atoms with Crippen LogP contribution in [0.3, 0.4) is 0 Å². The molecule has 0 spiro atoms. The van der Waals surface area contributed by atoms with Crippen LogP contribution >= 0.6 is 11.6 Å². The van der Waals surface area contributed by atoms with Crippen LogP contribution < -0.4 is 9.64 Å². The van der Waals surface area contributed by atoms with E-state index in [1.165, 1.54) is 10.5 Å². The van der Waals surface area contributed by atoms with Gasteiger partial charge in [0, 0.05) is 22.8 Å². The molecular formula is C27H23ClN2O3. The first kappa shape index (κ1) is 21.3. The van der Waals surface area contributed by atoms with E-state index in [1.807, 2.05) is 59.5 Å². The molecule has 0 aromatic heterocycles. The third-order valence-electron chi connectivity index (χ3n) is 6.15. The van der Waals surface area contributed by atoms with Crippen molar-refractivity contribution in [2.75, 3.05) is 18.6 Å². The lowest BCUT2D eigenvalue weighted by molar-refractivity contribution is -0.137. The fourth-order valence-corrected chi connectivity index (χ4v) is 4.72. The third-order valence-corrected chi connectivity index (χ3v) is 6.41. The summed E-state index contributed by atoms with van der Waals surface area (Å²) in [6.07, 6.45) is 1.85. The summed E-state index contributed by atoms with van der Waals surface area (Å²) in [5.41, 5.74) is 4.39. The molecule has 0 fully saturated rings. The van der Waals surface area contributed by atoms with Gasteiger partial charge in [0.1, 0.15) is 11.4 Å². The Bertz CT molecular complexity index is 1270. The molecule has 6 heteroatoms. The third kappa shape index (κ3) is 3.79. The van der Waals surface area contributed by atoms with Gasteiger partial charge in [-0.1, -0.05) is 60.1 Å². The SMILES string of the molecule is COc1ccccc1C1=C(N2CCCc3ccccc32)C(=O)N(Cc2ccc(Cl)cc2)C1=O. The molecule has 2 aliphatic heterocycles. The van der Waals surface area contributed by atoms with Crippen LogP contribution in [0.2, 0.25) is 5.02 Å². The predicted molar refractivity (Wildman–Crippen MR) is 129 cm³/mol. The van der Waals surface area contributed by atoms with Crippen molar-refractivity contribution in [2.24, 2.45) is 0 Å². The fraction of sp³-hybridized carbons (Fsp3) is 0.185. The normalized spacial score (nSPS) is 15.8. The van der Waals surface area contributed by atoms with E-state index in [2.05, 4.69) is 6.07 Å². The van der Waals surface area contributed by atoms with E-state index in [-0.39, 0.29) is 18.4 Å². The van der Waals surface area contributed by atoms with Crippen LogP contribution in [-0.4, -0.2) is 30.4 Å². The highest BCUT2D eigenvalue weighted by Crippen LogP contribution is 2.40. The molecule has 0 aliphatic carbocycles. The number of hydrogen-bond donors (Lipinski definition) is 0. The van der Waals surface area contributed by atoms with Crippen molar-refractivity contribution in [1.29, 1.82) is 0 Å². The number of halogens is 1. The molecule has 2 aliphatic rings. The Morgan fingerprint density at radius 1 is 0.909 bits per heavy atom. The van der Waals surface area contributed by atoms with Gasteiger partial charge in [0.25, 0.3) is 11.8 Å². The van der Waals surface area contributed by atoms with Gasteiger partial charge in [0.05, 0.1) is 19.2 Å². The van der Waals surface area contributed by atoms with E-state index in [0.29, 0.717) is 34.2 Å². The minimum Gasteiger partial charge on any atom is -0.496 e. The standard InChI is InChI=1S/C27H23ClN2O3/c1-33-23-11-5-3-9-21(23)24-25(29-16-6-8-19-7-2-4-10-22(19)29)27(32)30(26(24)31)17-18-12-14-20(28)15-13-18/h2-5,7,9-15H,6,8,16-17H2,1H3. The number of hydrogen-bond acceptors (Lipinski definition) is 4.